The fourth-order valence-electron chi connectivity index (χ4n) is 4.23. The Labute approximate surface area is 222 Å². The number of amides is 4. The maximum Gasteiger partial charge on any atom is 0.349 e. The van der Waals surface area contributed by atoms with E-state index in [9.17, 15) is 28.0 Å². The van der Waals surface area contributed by atoms with E-state index in [4.69, 9.17) is 51.0 Å². The first kappa shape index (κ1) is 27.0. The van der Waals surface area contributed by atoms with Crippen LogP contribution in [-0.4, -0.2) is 78.1 Å². The smallest absolute Gasteiger partial charge is 0.349 e. The van der Waals surface area contributed by atoms with Gasteiger partial charge in [-0.1, -0.05) is 35.9 Å². The number of hydrogen-bond donors (Lipinski definition) is 1. The van der Waals surface area contributed by atoms with Crippen LogP contribution < -0.4 is 5.32 Å². The van der Waals surface area contributed by atoms with E-state index in [0.717, 1.165) is 17.0 Å². The van der Waals surface area contributed by atoms with Crippen molar-refractivity contribution < 1.29 is 28.0 Å². The van der Waals surface area contributed by atoms with Crippen LogP contribution in [0, 0.1) is 0 Å². The van der Waals surface area contributed by atoms with E-state index < -0.39 is 51.7 Å². The number of imide groups is 1. The zero-order valence-electron chi connectivity index (χ0n) is 19.1. The molecule has 37 heavy (non-hydrogen) atoms. The van der Waals surface area contributed by atoms with E-state index in [2.05, 4.69) is 0 Å². The van der Waals surface area contributed by atoms with E-state index in [1.807, 2.05) is 5.32 Å². The number of halogens is 3. The second-order valence-electron chi connectivity index (χ2n) is 8.87. The first-order valence-electron chi connectivity index (χ1n) is 10.8. The SMILES string of the molecule is [B]C1CC(=O)N([B])C(=O)C1([B])N1Cc2cc(C([B])([B])NC(=O)C(F)(F)c3ccc(Cl)cc3)ccc2C1=O. The van der Waals surface area contributed by atoms with Crippen molar-refractivity contribution >= 4 is 74.6 Å². The van der Waals surface area contributed by atoms with Gasteiger partial charge in [-0.2, -0.15) is 8.78 Å². The molecule has 0 spiro atoms. The molecule has 4 rings (SSSR count). The van der Waals surface area contributed by atoms with Gasteiger partial charge in [0.25, 0.3) is 11.8 Å². The molecule has 2 aliphatic heterocycles. The third-order valence-electron chi connectivity index (χ3n) is 6.44. The van der Waals surface area contributed by atoms with Crippen molar-refractivity contribution in [3.05, 3.63) is 69.7 Å². The Bertz CT molecular complexity index is 1330. The summed E-state index contributed by atoms with van der Waals surface area (Å²) in [7, 11) is 29.7. The monoisotopic (exact) mass is 511 g/mol. The normalized spacial score (nSPS) is 22.2. The Morgan fingerprint density at radius 3 is 2.30 bits per heavy atom. The Kier molecular flexibility index (Phi) is 6.63. The summed E-state index contributed by atoms with van der Waals surface area (Å²) in [6, 6.07) is 8.23. The van der Waals surface area contributed by atoms with Gasteiger partial charge >= 0.3 is 5.92 Å². The molecule has 10 radical (unpaired) electrons. The lowest BCUT2D eigenvalue weighted by atomic mass is 9.55. The maximum atomic E-state index is 14.7. The molecule has 15 heteroatoms. The summed E-state index contributed by atoms with van der Waals surface area (Å²) in [6.07, 6.45) is -0.382. The van der Waals surface area contributed by atoms with Crippen molar-refractivity contribution in [2.75, 3.05) is 0 Å². The molecular weight excluding hydrogens is 498 g/mol. The summed E-state index contributed by atoms with van der Waals surface area (Å²) in [5, 5.41) is -0.167. The highest BCUT2D eigenvalue weighted by molar-refractivity contribution is 6.43. The molecule has 2 atom stereocenters. The molecule has 0 saturated carbocycles. The molecular formula is C22H13B5ClF2N3O4. The van der Waals surface area contributed by atoms with Crippen LogP contribution in [0.2, 0.25) is 10.8 Å². The topological polar surface area (TPSA) is 86.8 Å². The van der Waals surface area contributed by atoms with Crippen LogP contribution in [0.15, 0.2) is 42.5 Å². The summed E-state index contributed by atoms with van der Waals surface area (Å²) < 4.78 is 29.4. The molecule has 1 N–H and O–H groups in total. The molecule has 0 aliphatic carbocycles. The predicted octanol–water partition coefficient (Wildman–Crippen LogP) is 0.316. The van der Waals surface area contributed by atoms with Crippen LogP contribution in [0.5, 0.6) is 0 Å². The Morgan fingerprint density at radius 2 is 1.68 bits per heavy atom. The van der Waals surface area contributed by atoms with Gasteiger partial charge in [-0.25, -0.2) is 0 Å². The number of alkyl halides is 2. The fraction of sp³-hybridized carbons (Fsp3) is 0.273. The molecule has 176 valence electrons. The largest absolute Gasteiger partial charge is 0.358 e. The first-order valence-corrected chi connectivity index (χ1v) is 11.1. The van der Waals surface area contributed by atoms with Crippen molar-refractivity contribution in [1.29, 1.82) is 0 Å². The van der Waals surface area contributed by atoms with Gasteiger partial charge < -0.3 is 15.0 Å². The van der Waals surface area contributed by atoms with Crippen molar-refractivity contribution in [3.63, 3.8) is 0 Å². The fourth-order valence-corrected chi connectivity index (χ4v) is 4.35. The van der Waals surface area contributed by atoms with Gasteiger partial charge in [-0.15, -0.1) is 0 Å². The van der Waals surface area contributed by atoms with E-state index in [-0.39, 0.29) is 34.7 Å². The number of nitrogens with zero attached hydrogens (tertiary/aromatic N) is 2. The summed E-state index contributed by atoms with van der Waals surface area (Å²) >= 11 is 5.71. The Balaban J connectivity index is 1.59. The van der Waals surface area contributed by atoms with Gasteiger partial charge in [-0.3, -0.25) is 19.2 Å². The zero-order chi connectivity index (χ0) is 27.5. The van der Waals surface area contributed by atoms with Gasteiger partial charge in [0.15, 0.2) is 0 Å². The molecule has 2 unspecified atom stereocenters. The van der Waals surface area contributed by atoms with Gasteiger partial charge in [0.05, 0.1) is 29.0 Å². The van der Waals surface area contributed by atoms with Crippen LogP contribution >= 0.6 is 11.6 Å². The van der Waals surface area contributed by atoms with E-state index >= 15 is 0 Å². The van der Waals surface area contributed by atoms with Gasteiger partial charge in [0.2, 0.25) is 19.8 Å². The molecule has 2 aromatic carbocycles. The lowest BCUT2D eigenvalue weighted by Crippen LogP contribution is -2.66. The van der Waals surface area contributed by atoms with Crippen LogP contribution in [-0.2, 0) is 32.2 Å². The lowest BCUT2D eigenvalue weighted by molar-refractivity contribution is -0.148. The molecule has 2 aliphatic rings. The zero-order valence-corrected chi connectivity index (χ0v) is 19.8. The highest BCUT2D eigenvalue weighted by Gasteiger charge is 2.53. The molecule has 4 amide bonds. The van der Waals surface area contributed by atoms with E-state index in [1.165, 1.54) is 30.3 Å². The minimum Gasteiger partial charge on any atom is -0.358 e. The number of piperidine rings is 1. The summed E-state index contributed by atoms with van der Waals surface area (Å²) in [5.41, 5.74) is -2.41. The van der Waals surface area contributed by atoms with Gasteiger partial charge in [0, 0.05) is 29.1 Å². The molecule has 1 fully saturated rings. The van der Waals surface area contributed by atoms with Crippen LogP contribution in [0.25, 0.3) is 0 Å². The molecule has 2 heterocycles. The second-order valence-corrected chi connectivity index (χ2v) is 9.31. The van der Waals surface area contributed by atoms with Gasteiger partial charge in [-0.05, 0) is 40.5 Å². The third-order valence-corrected chi connectivity index (χ3v) is 6.69. The number of fused-ring (bicyclic) bond motifs is 1. The van der Waals surface area contributed by atoms with Crippen molar-refractivity contribution in [2.45, 2.75) is 35.5 Å². The number of hydrogen-bond acceptors (Lipinski definition) is 4. The lowest BCUT2D eigenvalue weighted by Gasteiger charge is -2.48. The average molecular weight is 511 g/mol. The van der Waals surface area contributed by atoms with Crippen LogP contribution in [0.1, 0.15) is 33.5 Å². The van der Waals surface area contributed by atoms with E-state index in [1.54, 1.807) is 0 Å². The maximum absolute atomic E-state index is 14.7. The first-order chi connectivity index (χ1) is 17.1. The van der Waals surface area contributed by atoms with Crippen LogP contribution in [0.4, 0.5) is 8.78 Å². The highest BCUT2D eigenvalue weighted by Crippen LogP contribution is 2.40. The minimum atomic E-state index is -3.99. The molecule has 1 saturated heterocycles. The summed E-state index contributed by atoms with van der Waals surface area (Å²) in [6.45, 7) is -0.259. The number of rotatable bonds is 5. The van der Waals surface area contributed by atoms with Crippen molar-refractivity contribution in [3.8, 4) is 0 Å². The molecule has 7 nitrogen and oxygen atoms in total. The summed E-state index contributed by atoms with van der Waals surface area (Å²) in [4.78, 5) is 51.4. The number of nitrogens with one attached hydrogen (secondary N) is 1. The van der Waals surface area contributed by atoms with Crippen LogP contribution in [0.3, 0.4) is 0 Å². The van der Waals surface area contributed by atoms with Crippen molar-refractivity contribution in [1.82, 2.24) is 15.0 Å². The standard InChI is InChI=1S/C22H13B5ClF2N3O4/c23-15-8-16(34)33(27)19(37)20(15,24)32-9-10-7-12(3-6-14(10)17(32)35)22(25,26)31-18(36)21(29,30)11-1-4-13(28)5-2-11/h1-7,15H,8-9H2,(H,31,36). The molecule has 2 aromatic rings. The quantitative estimate of drug-likeness (QED) is 0.464. The molecule has 0 aromatic heterocycles. The number of carbonyl (C=O) groups excluding carboxylic acids is 4. The van der Waals surface area contributed by atoms with E-state index in [0.29, 0.717) is 4.81 Å². The Morgan fingerprint density at radius 1 is 1.08 bits per heavy atom. The second kappa shape index (κ2) is 9.08. The Hall–Kier alpha value is -3.01. The third kappa shape index (κ3) is 4.39. The molecule has 0 bridgehead atoms. The highest BCUT2D eigenvalue weighted by atomic mass is 35.5. The minimum absolute atomic E-state index is 0.0258. The predicted molar refractivity (Wildman–Crippen MR) is 133 cm³/mol. The average Bonchev–Trinajstić information content (AvgIpc) is 3.17. The number of benzene rings is 2. The van der Waals surface area contributed by atoms with Crippen molar-refractivity contribution in [2.24, 2.45) is 0 Å². The number of carbonyl (C=O) groups is 4. The van der Waals surface area contributed by atoms with Gasteiger partial charge in [0.1, 0.15) is 7.85 Å². The summed E-state index contributed by atoms with van der Waals surface area (Å²) in [5.74, 6) is -9.53.